The summed E-state index contributed by atoms with van der Waals surface area (Å²) < 4.78 is 0. The van der Waals surface area contributed by atoms with Crippen LogP contribution in [0.4, 0.5) is 0 Å². The topological polar surface area (TPSA) is 57.6 Å². The normalized spacial score (nSPS) is 14.2. The van der Waals surface area contributed by atoms with Gasteiger partial charge in [0.2, 0.25) is 5.91 Å². The molecule has 0 aliphatic carbocycles. The first-order chi connectivity index (χ1) is 7.40. The smallest absolute Gasteiger partial charge is 0.326 e. The molecule has 0 spiro atoms. The van der Waals surface area contributed by atoms with E-state index in [1.165, 1.54) is 18.9 Å². The zero-order valence-corrected chi connectivity index (χ0v) is 11.7. The first kappa shape index (κ1) is 15.6. The van der Waals surface area contributed by atoms with Crippen LogP contribution in [0.1, 0.15) is 26.7 Å². The number of carbonyl (C=O) groups is 2. The van der Waals surface area contributed by atoms with Gasteiger partial charge in [0.15, 0.2) is 0 Å². The van der Waals surface area contributed by atoms with E-state index in [0.29, 0.717) is 11.7 Å². The van der Waals surface area contributed by atoms with Crippen molar-refractivity contribution >= 4 is 33.5 Å². The van der Waals surface area contributed by atoms with Crippen LogP contribution in [0.25, 0.3) is 0 Å². The fraction of sp³-hybridized carbons (Fsp3) is 0.800. The van der Waals surface area contributed by atoms with E-state index in [0.717, 1.165) is 6.42 Å². The highest BCUT2D eigenvalue weighted by Gasteiger charge is 2.21. The zero-order valence-electron chi connectivity index (χ0n) is 10.1. The summed E-state index contributed by atoms with van der Waals surface area (Å²) in [6, 6.07) is -0.754. The monoisotopic (exact) mass is 265 g/mol. The van der Waals surface area contributed by atoms with E-state index in [9.17, 15) is 9.59 Å². The van der Waals surface area contributed by atoms with Crippen LogP contribution in [0.15, 0.2) is 0 Å². The molecule has 0 heterocycles. The lowest BCUT2D eigenvalue weighted by atomic mass is 10.2. The van der Waals surface area contributed by atoms with Gasteiger partial charge in [-0.2, -0.15) is 0 Å². The molecule has 1 unspecified atom stereocenters. The maximum Gasteiger partial charge on any atom is 0.326 e. The van der Waals surface area contributed by atoms with Crippen LogP contribution in [0.5, 0.6) is 0 Å². The van der Waals surface area contributed by atoms with Crippen molar-refractivity contribution < 1.29 is 14.7 Å². The summed E-state index contributed by atoms with van der Waals surface area (Å²) in [4.78, 5) is 23.6. The Hall–Kier alpha value is -0.360. The van der Waals surface area contributed by atoms with E-state index in [1.54, 1.807) is 21.6 Å². The van der Waals surface area contributed by atoms with Crippen LogP contribution in [0.2, 0.25) is 0 Å². The number of hydrogen-bond donors (Lipinski definition) is 1. The maximum atomic E-state index is 11.6. The fourth-order valence-electron chi connectivity index (χ4n) is 1.10. The summed E-state index contributed by atoms with van der Waals surface area (Å²) in [7, 11) is 4.94. The van der Waals surface area contributed by atoms with Crippen molar-refractivity contribution in [2.24, 2.45) is 0 Å². The molecule has 0 bridgehead atoms. The van der Waals surface area contributed by atoms with Crippen LogP contribution in [-0.2, 0) is 9.59 Å². The summed E-state index contributed by atoms with van der Waals surface area (Å²) in [5, 5.41) is 9.17. The van der Waals surface area contributed by atoms with Gasteiger partial charge in [-0.05, 0) is 19.6 Å². The molecule has 0 saturated heterocycles. The van der Waals surface area contributed by atoms with Crippen molar-refractivity contribution in [1.82, 2.24) is 4.90 Å². The van der Waals surface area contributed by atoms with E-state index in [1.807, 2.05) is 6.26 Å². The van der Waals surface area contributed by atoms with Crippen molar-refractivity contribution in [2.75, 3.05) is 13.3 Å². The number of aliphatic carboxylic acids is 1. The number of carboxylic acid groups (broad SMARTS) is 1. The summed E-state index contributed by atoms with van der Waals surface area (Å²) >= 11 is 0. The van der Waals surface area contributed by atoms with E-state index < -0.39 is 12.0 Å². The second-order valence-corrected chi connectivity index (χ2v) is 6.54. The molecule has 0 aromatic heterocycles. The lowest BCUT2D eigenvalue weighted by Gasteiger charge is -2.22. The predicted octanol–water partition coefficient (Wildman–Crippen LogP) is 2.10. The molecule has 2 atom stereocenters. The molecular formula is C10H19NO3S2. The largest absolute Gasteiger partial charge is 0.480 e. The van der Waals surface area contributed by atoms with Crippen molar-refractivity contribution in [3.8, 4) is 0 Å². The summed E-state index contributed by atoms with van der Waals surface area (Å²) in [6.45, 7) is 3.58. The van der Waals surface area contributed by atoms with Gasteiger partial charge in [-0.1, -0.05) is 28.5 Å². The molecule has 6 heteroatoms. The number of carboxylic acids is 1. The third kappa shape index (κ3) is 5.65. The molecule has 0 saturated carbocycles. The molecule has 16 heavy (non-hydrogen) atoms. The molecule has 0 aliphatic rings. The standard InChI is InChI=1S/C10H19NO3S2/c1-7(16-15-4)5-6-9(12)11(3)8(2)10(13)14/h7-8H,5-6H2,1-4H3,(H,13,14)/t7?,8-/m1/s1. The second-order valence-electron chi connectivity index (χ2n) is 3.63. The summed E-state index contributed by atoms with van der Waals surface area (Å²) in [5.74, 6) is -1.08. The highest BCUT2D eigenvalue weighted by atomic mass is 33.1. The Morgan fingerprint density at radius 3 is 2.38 bits per heavy atom. The second kappa shape index (κ2) is 7.84. The minimum atomic E-state index is -0.970. The van der Waals surface area contributed by atoms with Crippen LogP contribution in [0, 0.1) is 0 Å². The van der Waals surface area contributed by atoms with Crippen molar-refractivity contribution in [2.45, 2.75) is 38.0 Å². The average Bonchev–Trinajstić information content (AvgIpc) is 2.24. The van der Waals surface area contributed by atoms with Crippen molar-refractivity contribution in [3.05, 3.63) is 0 Å². The molecule has 0 aliphatic heterocycles. The molecule has 0 aromatic rings. The quantitative estimate of drug-likeness (QED) is 0.714. The zero-order chi connectivity index (χ0) is 12.7. The molecule has 0 rings (SSSR count). The Balaban J connectivity index is 4.01. The Bertz CT molecular complexity index is 248. The first-order valence-electron chi connectivity index (χ1n) is 5.08. The fourth-order valence-corrected chi connectivity index (χ4v) is 2.91. The van der Waals surface area contributed by atoms with Gasteiger partial charge >= 0.3 is 5.97 Å². The lowest BCUT2D eigenvalue weighted by molar-refractivity contribution is -0.148. The minimum Gasteiger partial charge on any atom is -0.480 e. The van der Waals surface area contributed by atoms with Gasteiger partial charge in [0.1, 0.15) is 6.04 Å². The Morgan fingerprint density at radius 2 is 1.94 bits per heavy atom. The third-order valence-corrected chi connectivity index (χ3v) is 4.68. The van der Waals surface area contributed by atoms with E-state index in [4.69, 9.17) is 5.11 Å². The number of nitrogens with zero attached hydrogens (tertiary/aromatic N) is 1. The SMILES string of the molecule is CSSC(C)CCC(=O)N(C)[C@H](C)C(=O)O. The highest BCUT2D eigenvalue weighted by Crippen LogP contribution is 2.26. The number of hydrogen-bond acceptors (Lipinski definition) is 4. The predicted molar refractivity (Wildman–Crippen MR) is 69.7 cm³/mol. The van der Waals surface area contributed by atoms with Gasteiger partial charge in [0, 0.05) is 18.7 Å². The van der Waals surface area contributed by atoms with Crippen molar-refractivity contribution in [1.29, 1.82) is 0 Å². The van der Waals surface area contributed by atoms with Crippen LogP contribution >= 0.6 is 21.6 Å². The molecule has 1 amide bonds. The molecule has 94 valence electrons. The number of likely N-dealkylation sites (N-methyl/N-ethyl adjacent to an activating group) is 1. The van der Waals surface area contributed by atoms with Gasteiger partial charge in [-0.3, -0.25) is 4.79 Å². The molecule has 0 fully saturated rings. The summed E-state index contributed by atoms with van der Waals surface area (Å²) in [6.07, 6.45) is 3.19. The van der Waals surface area contributed by atoms with Gasteiger partial charge in [0.05, 0.1) is 0 Å². The number of carbonyl (C=O) groups excluding carboxylic acids is 1. The molecular weight excluding hydrogens is 246 g/mol. The number of rotatable bonds is 7. The van der Waals surface area contributed by atoms with Gasteiger partial charge < -0.3 is 10.0 Å². The minimum absolute atomic E-state index is 0.108. The number of amides is 1. The Kier molecular flexibility index (Phi) is 7.66. The van der Waals surface area contributed by atoms with E-state index >= 15 is 0 Å². The van der Waals surface area contributed by atoms with Crippen LogP contribution in [0.3, 0.4) is 0 Å². The Morgan fingerprint density at radius 1 is 1.38 bits per heavy atom. The Labute approximate surface area is 105 Å². The van der Waals surface area contributed by atoms with Gasteiger partial charge in [-0.15, -0.1) is 0 Å². The van der Waals surface area contributed by atoms with Crippen molar-refractivity contribution in [3.63, 3.8) is 0 Å². The van der Waals surface area contributed by atoms with Gasteiger partial charge in [0.25, 0.3) is 0 Å². The molecule has 4 nitrogen and oxygen atoms in total. The van der Waals surface area contributed by atoms with Gasteiger partial charge in [-0.25, -0.2) is 4.79 Å². The third-order valence-electron chi connectivity index (χ3n) is 2.36. The average molecular weight is 265 g/mol. The molecule has 0 aromatic carbocycles. The molecule has 0 radical (unpaired) electrons. The highest BCUT2D eigenvalue weighted by molar-refractivity contribution is 8.76. The van der Waals surface area contributed by atoms with Crippen LogP contribution in [-0.4, -0.2) is 46.5 Å². The molecule has 1 N–H and O–H groups in total. The summed E-state index contributed by atoms with van der Waals surface area (Å²) in [5.41, 5.74) is 0. The maximum absolute atomic E-state index is 11.6. The lowest BCUT2D eigenvalue weighted by Crippen LogP contribution is -2.40. The van der Waals surface area contributed by atoms with E-state index in [2.05, 4.69) is 6.92 Å². The van der Waals surface area contributed by atoms with Crippen LogP contribution < -0.4 is 0 Å². The first-order valence-corrected chi connectivity index (χ1v) is 7.70. The van der Waals surface area contributed by atoms with E-state index in [-0.39, 0.29) is 5.91 Å².